The van der Waals surface area contributed by atoms with Crippen molar-refractivity contribution in [1.29, 1.82) is 0 Å². The predicted octanol–water partition coefficient (Wildman–Crippen LogP) is 1.10. The second-order valence-corrected chi connectivity index (χ2v) is 4.23. The van der Waals surface area contributed by atoms with E-state index in [1.165, 1.54) is 25.9 Å². The molecule has 0 aliphatic carbocycles. The topological polar surface area (TPSA) is 24.5 Å². The molecule has 14 heavy (non-hydrogen) atoms. The van der Waals surface area contributed by atoms with Gasteiger partial charge in [0, 0.05) is 25.8 Å². The van der Waals surface area contributed by atoms with E-state index in [0.29, 0.717) is 6.04 Å². The van der Waals surface area contributed by atoms with Crippen molar-refractivity contribution in [2.45, 2.75) is 38.3 Å². The van der Waals surface area contributed by atoms with Gasteiger partial charge in [-0.3, -0.25) is 0 Å². The van der Waals surface area contributed by atoms with Gasteiger partial charge in [-0.1, -0.05) is 0 Å². The van der Waals surface area contributed by atoms with Crippen LogP contribution in [0.3, 0.4) is 0 Å². The van der Waals surface area contributed by atoms with Gasteiger partial charge in [-0.05, 0) is 46.3 Å². The van der Waals surface area contributed by atoms with Gasteiger partial charge in [0.1, 0.15) is 0 Å². The Morgan fingerprint density at radius 2 is 2.07 bits per heavy atom. The molecule has 1 aliphatic rings. The molecule has 0 radical (unpaired) electrons. The lowest BCUT2D eigenvalue weighted by atomic mass is 10.0. The second-order valence-electron chi connectivity index (χ2n) is 4.23. The maximum absolute atomic E-state index is 5.11. The van der Waals surface area contributed by atoms with E-state index in [1.807, 2.05) is 0 Å². The average molecular weight is 200 g/mol. The summed E-state index contributed by atoms with van der Waals surface area (Å²) in [5.74, 6) is 0. The normalized spacial score (nSPS) is 22.5. The van der Waals surface area contributed by atoms with Crippen molar-refractivity contribution in [3.8, 4) is 0 Å². The van der Waals surface area contributed by atoms with Crippen molar-refractivity contribution in [2.24, 2.45) is 0 Å². The number of nitrogens with zero attached hydrogens (tertiary/aromatic N) is 1. The van der Waals surface area contributed by atoms with E-state index in [-0.39, 0.29) is 0 Å². The van der Waals surface area contributed by atoms with Gasteiger partial charge >= 0.3 is 0 Å². The minimum atomic E-state index is 0.674. The van der Waals surface area contributed by atoms with Crippen LogP contribution in [0.4, 0.5) is 0 Å². The number of likely N-dealkylation sites (tertiary alicyclic amines) is 1. The van der Waals surface area contributed by atoms with Gasteiger partial charge in [0.15, 0.2) is 0 Å². The quantitative estimate of drug-likeness (QED) is 0.719. The third-order valence-corrected chi connectivity index (χ3v) is 3.30. The molecule has 1 heterocycles. The minimum Gasteiger partial charge on any atom is -0.385 e. The monoisotopic (exact) mass is 200 g/mol. The summed E-state index contributed by atoms with van der Waals surface area (Å²) in [4.78, 5) is 2.58. The van der Waals surface area contributed by atoms with Crippen LogP contribution in [0, 0.1) is 0 Å². The molecule has 1 fully saturated rings. The van der Waals surface area contributed by atoms with Gasteiger partial charge in [-0.15, -0.1) is 0 Å². The third-order valence-electron chi connectivity index (χ3n) is 3.30. The lowest BCUT2D eigenvalue weighted by molar-refractivity contribution is 0.114. The Morgan fingerprint density at radius 3 is 2.57 bits per heavy atom. The van der Waals surface area contributed by atoms with Gasteiger partial charge < -0.3 is 15.0 Å². The molecule has 1 rings (SSSR count). The number of rotatable bonds is 5. The standard InChI is InChI=1S/C11H24N2O/c1-10(6-9-14-3)13-7-4-11(12-2)5-8-13/h10-12H,4-9H2,1-3H3. The molecule has 1 unspecified atom stereocenters. The highest BCUT2D eigenvalue weighted by molar-refractivity contribution is 4.78. The van der Waals surface area contributed by atoms with E-state index in [1.54, 1.807) is 7.11 Å². The number of piperidine rings is 1. The highest BCUT2D eigenvalue weighted by Crippen LogP contribution is 2.14. The van der Waals surface area contributed by atoms with E-state index in [4.69, 9.17) is 4.74 Å². The van der Waals surface area contributed by atoms with Crippen molar-refractivity contribution in [3.63, 3.8) is 0 Å². The summed E-state index contributed by atoms with van der Waals surface area (Å²) in [6, 6.07) is 1.41. The summed E-state index contributed by atoms with van der Waals surface area (Å²) < 4.78 is 5.11. The van der Waals surface area contributed by atoms with Crippen molar-refractivity contribution in [2.75, 3.05) is 33.9 Å². The number of ether oxygens (including phenoxy) is 1. The van der Waals surface area contributed by atoms with Gasteiger partial charge in [0.05, 0.1) is 0 Å². The molecule has 0 saturated carbocycles. The SMILES string of the molecule is CNC1CCN(C(C)CCOC)CC1. The molecule has 84 valence electrons. The van der Waals surface area contributed by atoms with E-state index in [0.717, 1.165) is 19.1 Å². The fourth-order valence-corrected chi connectivity index (χ4v) is 2.10. The van der Waals surface area contributed by atoms with Crippen molar-refractivity contribution < 1.29 is 4.74 Å². The molecule has 0 aromatic heterocycles. The van der Waals surface area contributed by atoms with Crippen LogP contribution in [-0.4, -0.2) is 50.8 Å². The number of methoxy groups -OCH3 is 1. The van der Waals surface area contributed by atoms with Crippen molar-refractivity contribution in [3.05, 3.63) is 0 Å². The minimum absolute atomic E-state index is 0.674. The van der Waals surface area contributed by atoms with Crippen LogP contribution in [0.25, 0.3) is 0 Å². The molecule has 3 heteroatoms. The van der Waals surface area contributed by atoms with Gasteiger partial charge in [0.25, 0.3) is 0 Å². The van der Waals surface area contributed by atoms with E-state index < -0.39 is 0 Å². The van der Waals surface area contributed by atoms with Crippen LogP contribution < -0.4 is 5.32 Å². The highest BCUT2D eigenvalue weighted by Gasteiger charge is 2.21. The average Bonchev–Trinajstić information content (AvgIpc) is 2.26. The Labute approximate surface area is 87.8 Å². The molecular formula is C11H24N2O. The Morgan fingerprint density at radius 1 is 1.43 bits per heavy atom. The van der Waals surface area contributed by atoms with Crippen molar-refractivity contribution >= 4 is 0 Å². The highest BCUT2D eigenvalue weighted by atomic mass is 16.5. The Kier molecular flexibility index (Phi) is 5.45. The fraction of sp³-hybridized carbons (Fsp3) is 1.00. The summed E-state index contributed by atoms with van der Waals surface area (Å²) in [6.45, 7) is 5.65. The smallest absolute Gasteiger partial charge is 0.0477 e. The first kappa shape index (κ1) is 12.0. The number of hydrogen-bond donors (Lipinski definition) is 1. The summed E-state index contributed by atoms with van der Waals surface area (Å²) in [5, 5.41) is 3.36. The lowest BCUT2D eigenvalue weighted by Crippen LogP contribution is -2.45. The molecule has 0 aromatic rings. The zero-order valence-corrected chi connectivity index (χ0v) is 9.75. The van der Waals surface area contributed by atoms with Crippen LogP contribution in [-0.2, 0) is 4.74 Å². The van der Waals surface area contributed by atoms with Crippen LogP contribution in [0.15, 0.2) is 0 Å². The molecule has 3 nitrogen and oxygen atoms in total. The summed E-state index contributed by atoms with van der Waals surface area (Å²) >= 11 is 0. The van der Waals surface area contributed by atoms with Crippen LogP contribution in [0.1, 0.15) is 26.2 Å². The summed E-state index contributed by atoms with van der Waals surface area (Å²) in [5.41, 5.74) is 0. The Balaban J connectivity index is 2.19. The molecular weight excluding hydrogens is 176 g/mol. The summed E-state index contributed by atoms with van der Waals surface area (Å²) in [7, 11) is 3.84. The fourth-order valence-electron chi connectivity index (χ4n) is 2.10. The number of hydrogen-bond acceptors (Lipinski definition) is 3. The zero-order chi connectivity index (χ0) is 10.4. The molecule has 0 spiro atoms. The predicted molar refractivity (Wildman–Crippen MR) is 59.6 cm³/mol. The van der Waals surface area contributed by atoms with E-state index in [2.05, 4.69) is 24.2 Å². The molecule has 0 bridgehead atoms. The Hall–Kier alpha value is -0.120. The maximum Gasteiger partial charge on any atom is 0.0477 e. The second kappa shape index (κ2) is 6.38. The van der Waals surface area contributed by atoms with Gasteiger partial charge in [-0.2, -0.15) is 0 Å². The molecule has 1 aliphatic heterocycles. The van der Waals surface area contributed by atoms with E-state index in [9.17, 15) is 0 Å². The first-order valence-corrected chi connectivity index (χ1v) is 5.68. The van der Waals surface area contributed by atoms with Gasteiger partial charge in [0.2, 0.25) is 0 Å². The van der Waals surface area contributed by atoms with Crippen LogP contribution in [0.2, 0.25) is 0 Å². The van der Waals surface area contributed by atoms with Crippen molar-refractivity contribution in [1.82, 2.24) is 10.2 Å². The first-order valence-electron chi connectivity index (χ1n) is 5.68. The van der Waals surface area contributed by atoms with E-state index >= 15 is 0 Å². The number of nitrogens with one attached hydrogen (secondary N) is 1. The molecule has 1 N–H and O–H groups in total. The third kappa shape index (κ3) is 3.56. The zero-order valence-electron chi connectivity index (χ0n) is 9.75. The van der Waals surface area contributed by atoms with Gasteiger partial charge in [-0.25, -0.2) is 0 Å². The Bertz CT molecular complexity index is 144. The largest absolute Gasteiger partial charge is 0.385 e. The maximum atomic E-state index is 5.11. The van der Waals surface area contributed by atoms with Crippen LogP contribution >= 0.6 is 0 Å². The summed E-state index contributed by atoms with van der Waals surface area (Å²) in [6.07, 6.45) is 3.72. The molecule has 0 aromatic carbocycles. The first-order chi connectivity index (χ1) is 6.77. The van der Waals surface area contributed by atoms with Crippen LogP contribution in [0.5, 0.6) is 0 Å². The lowest BCUT2D eigenvalue weighted by Gasteiger charge is -2.35. The molecule has 1 atom stereocenters. The molecule has 1 saturated heterocycles. The molecule has 0 amide bonds.